The minimum atomic E-state index is 0.664. The van der Waals surface area contributed by atoms with Gasteiger partial charge in [0, 0.05) is 5.92 Å². The van der Waals surface area contributed by atoms with Crippen LogP contribution in [0.3, 0.4) is 0 Å². The molecule has 0 bridgehead atoms. The zero-order chi connectivity index (χ0) is 7.84. The predicted molar refractivity (Wildman–Crippen MR) is 42.2 cm³/mol. The quantitative estimate of drug-likeness (QED) is 0.648. The van der Waals surface area contributed by atoms with Gasteiger partial charge in [-0.3, -0.25) is 0 Å². The van der Waals surface area contributed by atoms with E-state index in [-0.39, 0.29) is 0 Å². The molecule has 1 saturated carbocycles. The molecule has 0 amide bonds. The smallest absolute Gasteiger partial charge is 0.180 e. The Kier molecular flexibility index (Phi) is 1.48. The molecule has 2 heteroatoms. The van der Waals surface area contributed by atoms with Crippen molar-refractivity contribution < 1.29 is 4.42 Å². The second-order valence-electron chi connectivity index (χ2n) is 3.65. The highest BCUT2D eigenvalue weighted by molar-refractivity contribution is 5.12. The molecule has 1 aromatic rings. The maximum Gasteiger partial charge on any atom is 0.180 e. The topological polar surface area (TPSA) is 26.0 Å². The third kappa shape index (κ3) is 1.17. The van der Waals surface area contributed by atoms with E-state index < -0.39 is 0 Å². The normalized spacial score (nSPS) is 29.4. The Labute approximate surface area is 66.6 Å². The molecule has 2 rings (SSSR count). The van der Waals surface area contributed by atoms with E-state index >= 15 is 0 Å². The Balaban J connectivity index is 2.02. The maximum atomic E-state index is 5.23. The Bertz CT molecular complexity index is 228. The molecule has 1 aliphatic rings. The van der Waals surface area contributed by atoms with Crippen LogP contribution in [-0.4, -0.2) is 4.98 Å². The van der Waals surface area contributed by atoms with E-state index in [1.807, 2.05) is 6.20 Å². The molecule has 0 saturated heterocycles. The van der Waals surface area contributed by atoms with Crippen LogP contribution in [0.1, 0.15) is 31.9 Å². The van der Waals surface area contributed by atoms with Crippen molar-refractivity contribution in [2.24, 2.45) is 11.8 Å². The van der Waals surface area contributed by atoms with Crippen LogP contribution in [0.2, 0.25) is 0 Å². The van der Waals surface area contributed by atoms with Gasteiger partial charge in [-0.25, -0.2) is 4.98 Å². The van der Waals surface area contributed by atoms with E-state index in [2.05, 4.69) is 18.8 Å². The van der Waals surface area contributed by atoms with Crippen molar-refractivity contribution in [2.45, 2.75) is 26.2 Å². The molecular weight excluding hydrogens is 138 g/mol. The van der Waals surface area contributed by atoms with Gasteiger partial charge >= 0.3 is 0 Å². The highest BCUT2D eigenvalue weighted by Gasteiger charge is 2.42. The number of oxazole rings is 1. The fourth-order valence-corrected chi connectivity index (χ4v) is 1.69. The van der Waals surface area contributed by atoms with Crippen molar-refractivity contribution in [1.29, 1.82) is 0 Å². The summed E-state index contributed by atoms with van der Waals surface area (Å²) < 4.78 is 5.23. The zero-order valence-corrected chi connectivity index (χ0v) is 6.95. The molecule has 1 fully saturated rings. The summed E-state index contributed by atoms with van der Waals surface area (Å²) in [7, 11) is 0. The van der Waals surface area contributed by atoms with Gasteiger partial charge in [-0.15, -0.1) is 0 Å². The standard InChI is InChI=1S/C9H13NO/c1-6(2)7-3-8(7)9-4-10-5-11-9/h4-8H,3H2,1-2H3/t7-,8+/m0/s1. The lowest BCUT2D eigenvalue weighted by Crippen LogP contribution is -1.90. The number of nitrogens with zero attached hydrogens (tertiary/aromatic N) is 1. The summed E-state index contributed by atoms with van der Waals surface area (Å²) in [4.78, 5) is 3.91. The Morgan fingerprint density at radius 1 is 1.64 bits per heavy atom. The van der Waals surface area contributed by atoms with Crippen LogP contribution < -0.4 is 0 Å². The van der Waals surface area contributed by atoms with Gasteiger partial charge in [-0.2, -0.15) is 0 Å². The first-order valence-corrected chi connectivity index (χ1v) is 4.17. The minimum absolute atomic E-state index is 0.664. The third-order valence-corrected chi connectivity index (χ3v) is 2.51. The average molecular weight is 151 g/mol. The van der Waals surface area contributed by atoms with Crippen LogP contribution in [0.4, 0.5) is 0 Å². The fourth-order valence-electron chi connectivity index (χ4n) is 1.69. The Hall–Kier alpha value is -0.790. The van der Waals surface area contributed by atoms with E-state index in [0.29, 0.717) is 5.92 Å². The van der Waals surface area contributed by atoms with Crippen LogP contribution in [0.25, 0.3) is 0 Å². The molecule has 1 heterocycles. The van der Waals surface area contributed by atoms with Crippen LogP contribution in [0.15, 0.2) is 17.0 Å². The molecule has 1 aliphatic carbocycles. The highest BCUT2D eigenvalue weighted by atomic mass is 16.3. The Morgan fingerprint density at radius 2 is 2.45 bits per heavy atom. The molecule has 0 aliphatic heterocycles. The van der Waals surface area contributed by atoms with E-state index in [1.165, 1.54) is 12.8 Å². The van der Waals surface area contributed by atoms with Gasteiger partial charge in [0.2, 0.25) is 0 Å². The van der Waals surface area contributed by atoms with Crippen molar-refractivity contribution in [3.8, 4) is 0 Å². The van der Waals surface area contributed by atoms with Gasteiger partial charge in [-0.05, 0) is 18.3 Å². The van der Waals surface area contributed by atoms with Gasteiger partial charge in [-0.1, -0.05) is 13.8 Å². The van der Waals surface area contributed by atoms with E-state index in [9.17, 15) is 0 Å². The Morgan fingerprint density at radius 3 is 2.91 bits per heavy atom. The second-order valence-corrected chi connectivity index (χ2v) is 3.65. The van der Waals surface area contributed by atoms with Gasteiger partial charge in [0.05, 0.1) is 6.20 Å². The highest BCUT2D eigenvalue weighted by Crippen LogP contribution is 2.51. The largest absolute Gasteiger partial charge is 0.448 e. The minimum Gasteiger partial charge on any atom is -0.448 e. The fraction of sp³-hybridized carbons (Fsp3) is 0.667. The van der Waals surface area contributed by atoms with E-state index in [1.54, 1.807) is 0 Å². The van der Waals surface area contributed by atoms with Crippen molar-refractivity contribution in [2.75, 3.05) is 0 Å². The summed E-state index contributed by atoms with van der Waals surface area (Å²) in [6.07, 6.45) is 4.64. The summed E-state index contributed by atoms with van der Waals surface area (Å²) in [5.74, 6) is 3.36. The van der Waals surface area contributed by atoms with Crippen molar-refractivity contribution in [3.63, 3.8) is 0 Å². The second kappa shape index (κ2) is 2.36. The first-order chi connectivity index (χ1) is 5.29. The van der Waals surface area contributed by atoms with Crippen molar-refractivity contribution in [3.05, 3.63) is 18.4 Å². The molecule has 60 valence electrons. The van der Waals surface area contributed by atoms with Crippen LogP contribution >= 0.6 is 0 Å². The molecule has 0 unspecified atom stereocenters. The lowest BCUT2D eigenvalue weighted by molar-refractivity contribution is 0.473. The zero-order valence-electron chi connectivity index (χ0n) is 6.95. The van der Waals surface area contributed by atoms with Crippen LogP contribution in [0, 0.1) is 11.8 Å². The molecule has 11 heavy (non-hydrogen) atoms. The molecule has 0 N–H and O–H groups in total. The van der Waals surface area contributed by atoms with Crippen LogP contribution in [-0.2, 0) is 0 Å². The SMILES string of the molecule is CC(C)[C@@H]1C[C@H]1c1cnco1. The van der Waals surface area contributed by atoms with Gasteiger partial charge < -0.3 is 4.42 Å². The van der Waals surface area contributed by atoms with Gasteiger partial charge in [0.1, 0.15) is 5.76 Å². The molecule has 1 aromatic heterocycles. The summed E-state index contributed by atoms with van der Waals surface area (Å²) >= 11 is 0. The van der Waals surface area contributed by atoms with Crippen LogP contribution in [0.5, 0.6) is 0 Å². The summed E-state index contributed by atoms with van der Waals surface area (Å²) in [5.41, 5.74) is 0. The molecule has 0 aromatic carbocycles. The molecule has 2 nitrogen and oxygen atoms in total. The summed E-state index contributed by atoms with van der Waals surface area (Å²) in [6.45, 7) is 4.53. The summed E-state index contributed by atoms with van der Waals surface area (Å²) in [6, 6.07) is 0. The van der Waals surface area contributed by atoms with Gasteiger partial charge in [0.15, 0.2) is 6.39 Å². The average Bonchev–Trinajstić information content (AvgIpc) is 2.60. The molecule has 0 radical (unpaired) electrons. The molecule has 2 atom stereocenters. The van der Waals surface area contributed by atoms with E-state index in [0.717, 1.165) is 17.6 Å². The number of aromatic nitrogens is 1. The van der Waals surface area contributed by atoms with Gasteiger partial charge in [0.25, 0.3) is 0 Å². The first-order valence-electron chi connectivity index (χ1n) is 4.17. The number of hydrogen-bond donors (Lipinski definition) is 0. The number of hydrogen-bond acceptors (Lipinski definition) is 2. The van der Waals surface area contributed by atoms with Crippen molar-refractivity contribution >= 4 is 0 Å². The molecule has 0 spiro atoms. The lowest BCUT2D eigenvalue weighted by atomic mass is 10.1. The van der Waals surface area contributed by atoms with E-state index in [4.69, 9.17) is 4.42 Å². The lowest BCUT2D eigenvalue weighted by Gasteiger charge is -1.99. The molecular formula is C9H13NO. The maximum absolute atomic E-state index is 5.23. The summed E-state index contributed by atoms with van der Waals surface area (Å²) in [5, 5.41) is 0. The third-order valence-electron chi connectivity index (χ3n) is 2.51. The first kappa shape index (κ1) is 6.89. The monoisotopic (exact) mass is 151 g/mol. The number of rotatable bonds is 2. The predicted octanol–water partition coefficient (Wildman–Crippen LogP) is 2.43. The van der Waals surface area contributed by atoms with Crippen molar-refractivity contribution in [1.82, 2.24) is 4.98 Å².